The van der Waals surface area contributed by atoms with Crippen LogP contribution < -0.4 is 0 Å². The number of piperidine rings is 1. The van der Waals surface area contributed by atoms with Crippen LogP contribution >= 0.6 is 0 Å². The summed E-state index contributed by atoms with van der Waals surface area (Å²) in [6.07, 6.45) is 6.03. The van der Waals surface area contributed by atoms with Crippen molar-refractivity contribution < 1.29 is 4.52 Å². The summed E-state index contributed by atoms with van der Waals surface area (Å²) in [5.74, 6) is 1.89. The van der Waals surface area contributed by atoms with Crippen molar-refractivity contribution >= 4 is 0 Å². The molecule has 2 aromatic heterocycles. The van der Waals surface area contributed by atoms with Gasteiger partial charge in [-0.05, 0) is 44.0 Å². The normalized spacial score (nSPS) is 21.8. The summed E-state index contributed by atoms with van der Waals surface area (Å²) in [5.41, 5.74) is 1.31. The minimum Gasteiger partial charge on any atom is -0.340 e. The summed E-state index contributed by atoms with van der Waals surface area (Å²) in [6.45, 7) is 6.20. The molecule has 0 saturated carbocycles. The van der Waals surface area contributed by atoms with Crippen LogP contribution in [0.15, 0.2) is 29.0 Å². The van der Waals surface area contributed by atoms with E-state index in [-0.39, 0.29) is 0 Å². The molecule has 0 radical (unpaired) electrons. The first-order chi connectivity index (χ1) is 9.74. The quantitative estimate of drug-likeness (QED) is 0.860. The van der Waals surface area contributed by atoms with Crippen LogP contribution in [-0.4, -0.2) is 33.1 Å². The summed E-state index contributed by atoms with van der Waals surface area (Å²) >= 11 is 0. The highest BCUT2D eigenvalue weighted by atomic mass is 16.5. The van der Waals surface area contributed by atoms with E-state index in [0.717, 1.165) is 25.3 Å². The minimum absolute atomic E-state index is 0.380. The maximum atomic E-state index is 5.11. The number of likely N-dealkylation sites (tertiary alicyclic amines) is 1. The van der Waals surface area contributed by atoms with Crippen LogP contribution in [0.2, 0.25) is 0 Å². The molecular formula is C15H20N4O. The number of hydrogen-bond donors (Lipinski definition) is 0. The Morgan fingerprint density at radius 2 is 2.15 bits per heavy atom. The molecule has 0 unspecified atom stereocenters. The first kappa shape index (κ1) is 13.2. The number of hydrogen-bond acceptors (Lipinski definition) is 5. The number of aryl methyl sites for hydroxylation is 1. The number of pyridine rings is 1. The molecule has 5 heteroatoms. The third-order valence-corrected chi connectivity index (χ3v) is 4.10. The molecule has 0 spiro atoms. The van der Waals surface area contributed by atoms with Gasteiger partial charge in [-0.2, -0.15) is 4.98 Å². The first-order valence-electron chi connectivity index (χ1n) is 7.18. The van der Waals surface area contributed by atoms with Crippen molar-refractivity contribution in [1.82, 2.24) is 20.0 Å². The Hall–Kier alpha value is -1.75. The van der Waals surface area contributed by atoms with E-state index in [0.29, 0.717) is 17.9 Å². The molecule has 3 rings (SSSR count). The summed E-state index contributed by atoms with van der Waals surface area (Å²) in [5, 5.41) is 4.08. The fraction of sp³-hybridized carbons (Fsp3) is 0.533. The first-order valence-corrected chi connectivity index (χ1v) is 7.18. The Kier molecular flexibility index (Phi) is 3.78. The van der Waals surface area contributed by atoms with Gasteiger partial charge in [0.25, 0.3) is 0 Å². The molecule has 5 nitrogen and oxygen atoms in total. The van der Waals surface area contributed by atoms with Crippen molar-refractivity contribution in [2.24, 2.45) is 0 Å². The second-order valence-corrected chi connectivity index (χ2v) is 5.46. The van der Waals surface area contributed by atoms with Crippen LogP contribution in [0.4, 0.5) is 0 Å². The van der Waals surface area contributed by atoms with Gasteiger partial charge in [0.15, 0.2) is 5.82 Å². The zero-order valence-electron chi connectivity index (χ0n) is 12.0. The van der Waals surface area contributed by atoms with Gasteiger partial charge in [0.2, 0.25) is 5.89 Å². The van der Waals surface area contributed by atoms with Crippen LogP contribution in [0, 0.1) is 6.92 Å². The lowest BCUT2D eigenvalue weighted by atomic mass is 9.95. The standard InChI is InChI=1S/C15H20N4O/c1-11(13-5-7-16-8-6-13)19-9-3-4-14(10-19)15-17-12(2)20-18-15/h5-8,11,14H,3-4,9-10H2,1-2H3/t11-,14+/m0/s1. The smallest absolute Gasteiger partial charge is 0.223 e. The van der Waals surface area contributed by atoms with Crippen LogP contribution in [0.5, 0.6) is 0 Å². The fourth-order valence-corrected chi connectivity index (χ4v) is 2.90. The Labute approximate surface area is 119 Å². The van der Waals surface area contributed by atoms with Gasteiger partial charge in [-0.25, -0.2) is 0 Å². The molecule has 2 atom stereocenters. The Morgan fingerprint density at radius 1 is 1.35 bits per heavy atom. The highest BCUT2D eigenvalue weighted by molar-refractivity contribution is 5.15. The number of nitrogens with zero attached hydrogens (tertiary/aromatic N) is 4. The van der Waals surface area contributed by atoms with E-state index in [2.05, 4.69) is 39.1 Å². The molecule has 1 saturated heterocycles. The lowest BCUT2D eigenvalue weighted by Gasteiger charge is -2.35. The molecule has 20 heavy (non-hydrogen) atoms. The summed E-state index contributed by atoms with van der Waals surface area (Å²) < 4.78 is 5.11. The van der Waals surface area contributed by atoms with Gasteiger partial charge in [0.05, 0.1) is 0 Å². The second kappa shape index (κ2) is 5.71. The van der Waals surface area contributed by atoms with Crippen molar-refractivity contribution in [2.75, 3.05) is 13.1 Å². The van der Waals surface area contributed by atoms with Gasteiger partial charge in [-0.3, -0.25) is 9.88 Å². The highest BCUT2D eigenvalue weighted by Gasteiger charge is 2.27. The molecule has 2 aromatic rings. The van der Waals surface area contributed by atoms with Gasteiger partial charge in [0.1, 0.15) is 0 Å². The van der Waals surface area contributed by atoms with E-state index >= 15 is 0 Å². The SMILES string of the molecule is Cc1nc([C@@H]2CCCN([C@@H](C)c3ccncc3)C2)no1. The van der Waals surface area contributed by atoms with Gasteiger partial charge in [-0.1, -0.05) is 5.16 Å². The van der Waals surface area contributed by atoms with E-state index in [1.54, 1.807) is 0 Å². The van der Waals surface area contributed by atoms with E-state index in [1.165, 1.54) is 12.0 Å². The molecule has 0 bridgehead atoms. The number of aromatic nitrogens is 3. The van der Waals surface area contributed by atoms with Crippen molar-refractivity contribution in [3.8, 4) is 0 Å². The summed E-state index contributed by atoms with van der Waals surface area (Å²) in [7, 11) is 0. The van der Waals surface area contributed by atoms with Gasteiger partial charge in [-0.15, -0.1) is 0 Å². The maximum Gasteiger partial charge on any atom is 0.223 e. The molecule has 0 N–H and O–H groups in total. The topological polar surface area (TPSA) is 55.1 Å². The highest BCUT2D eigenvalue weighted by Crippen LogP contribution is 2.30. The zero-order chi connectivity index (χ0) is 13.9. The van der Waals surface area contributed by atoms with Crippen LogP contribution in [0.3, 0.4) is 0 Å². The average Bonchev–Trinajstić information content (AvgIpc) is 2.94. The molecule has 106 valence electrons. The van der Waals surface area contributed by atoms with Crippen LogP contribution in [-0.2, 0) is 0 Å². The van der Waals surface area contributed by atoms with Crippen molar-refractivity contribution in [1.29, 1.82) is 0 Å². The van der Waals surface area contributed by atoms with E-state index < -0.39 is 0 Å². The fourth-order valence-electron chi connectivity index (χ4n) is 2.90. The molecule has 1 fully saturated rings. The Balaban J connectivity index is 1.72. The van der Waals surface area contributed by atoms with Gasteiger partial charge < -0.3 is 4.52 Å². The van der Waals surface area contributed by atoms with Crippen molar-refractivity contribution in [3.63, 3.8) is 0 Å². The second-order valence-electron chi connectivity index (χ2n) is 5.46. The van der Waals surface area contributed by atoms with Crippen LogP contribution in [0.1, 0.15) is 49.0 Å². The van der Waals surface area contributed by atoms with E-state index in [9.17, 15) is 0 Å². The molecule has 1 aliphatic heterocycles. The predicted octanol–water partition coefficient (Wildman–Crippen LogP) is 2.71. The van der Waals surface area contributed by atoms with Gasteiger partial charge in [0, 0.05) is 37.8 Å². The average molecular weight is 272 g/mol. The van der Waals surface area contributed by atoms with Crippen molar-refractivity contribution in [3.05, 3.63) is 41.8 Å². The van der Waals surface area contributed by atoms with Crippen LogP contribution in [0.25, 0.3) is 0 Å². The number of rotatable bonds is 3. The van der Waals surface area contributed by atoms with E-state index in [4.69, 9.17) is 4.52 Å². The zero-order valence-corrected chi connectivity index (χ0v) is 12.0. The molecule has 0 aliphatic carbocycles. The predicted molar refractivity (Wildman–Crippen MR) is 75.2 cm³/mol. The molecule has 3 heterocycles. The third-order valence-electron chi connectivity index (χ3n) is 4.10. The molecule has 0 aromatic carbocycles. The Bertz CT molecular complexity index is 554. The Morgan fingerprint density at radius 3 is 2.85 bits per heavy atom. The summed E-state index contributed by atoms with van der Waals surface area (Å²) in [4.78, 5) is 11.0. The molecule has 1 aliphatic rings. The van der Waals surface area contributed by atoms with E-state index in [1.807, 2.05) is 19.3 Å². The molecular weight excluding hydrogens is 252 g/mol. The third kappa shape index (κ3) is 2.72. The summed E-state index contributed by atoms with van der Waals surface area (Å²) in [6, 6.07) is 4.58. The minimum atomic E-state index is 0.380. The lowest BCUT2D eigenvalue weighted by molar-refractivity contribution is 0.154. The van der Waals surface area contributed by atoms with Gasteiger partial charge >= 0.3 is 0 Å². The monoisotopic (exact) mass is 272 g/mol. The van der Waals surface area contributed by atoms with Crippen molar-refractivity contribution in [2.45, 2.75) is 38.6 Å². The lowest BCUT2D eigenvalue weighted by Crippen LogP contribution is -2.36. The maximum absolute atomic E-state index is 5.11. The molecule has 0 amide bonds. The largest absolute Gasteiger partial charge is 0.340 e.